The van der Waals surface area contributed by atoms with Gasteiger partial charge >= 0.3 is 5.97 Å². The summed E-state index contributed by atoms with van der Waals surface area (Å²) >= 11 is 35.7. The first-order chi connectivity index (χ1) is 18.0. The quantitative estimate of drug-likeness (QED) is 0.145. The van der Waals surface area contributed by atoms with Gasteiger partial charge < -0.3 is 9.30 Å². The highest BCUT2D eigenvalue weighted by Crippen LogP contribution is 2.40. The van der Waals surface area contributed by atoms with Gasteiger partial charge in [-0.05, 0) is 24.3 Å². The number of fused-ring (bicyclic) bond motifs is 3. The number of esters is 1. The second-order valence-corrected chi connectivity index (χ2v) is 12.8. The number of halogens is 6. The summed E-state index contributed by atoms with van der Waals surface area (Å²) in [7, 11) is 0. The Morgan fingerprint density at radius 3 is 1.71 bits per heavy atom. The molecule has 0 bridgehead atoms. The van der Waals surface area contributed by atoms with Crippen molar-refractivity contribution in [3.05, 3.63) is 90.0 Å². The Balaban J connectivity index is 1.33. The maximum Gasteiger partial charge on any atom is 0.338 e. The number of rotatable bonds is 5. The van der Waals surface area contributed by atoms with E-state index in [4.69, 9.17) is 74.3 Å². The molecule has 0 fully saturated rings. The van der Waals surface area contributed by atoms with E-state index in [1.807, 2.05) is 24.3 Å². The molecule has 0 saturated carbocycles. The van der Waals surface area contributed by atoms with Gasteiger partial charge in [0.2, 0.25) is 7.59 Å². The molecule has 6 nitrogen and oxygen atoms in total. The number of alkyl halides is 6. The molecule has 12 heteroatoms. The molecule has 194 valence electrons. The lowest BCUT2D eigenvalue weighted by molar-refractivity contribution is 0.0493. The SMILES string of the molecule is O=C(OCCn1c2ccccc2c2ccccc21)c1ccc(-c2nc(C(Cl)(Cl)Cl)nc(C(Cl)(Cl)Cl)n2)cc1. The van der Waals surface area contributed by atoms with Crippen LogP contribution in [0.25, 0.3) is 33.2 Å². The Morgan fingerprint density at radius 1 is 0.711 bits per heavy atom. The number of hydrogen-bond acceptors (Lipinski definition) is 5. The van der Waals surface area contributed by atoms with Crippen molar-refractivity contribution in [1.29, 1.82) is 0 Å². The van der Waals surface area contributed by atoms with Gasteiger partial charge in [-0.25, -0.2) is 19.7 Å². The highest BCUT2D eigenvalue weighted by Gasteiger charge is 2.34. The number of hydrogen-bond donors (Lipinski definition) is 0. The fourth-order valence-electron chi connectivity index (χ4n) is 4.07. The van der Waals surface area contributed by atoms with E-state index in [9.17, 15) is 4.79 Å². The Kier molecular flexibility index (Phi) is 7.66. The van der Waals surface area contributed by atoms with Gasteiger partial charge in [0.05, 0.1) is 12.1 Å². The summed E-state index contributed by atoms with van der Waals surface area (Å²) in [5.41, 5.74) is 2.98. The van der Waals surface area contributed by atoms with E-state index in [2.05, 4.69) is 43.8 Å². The van der Waals surface area contributed by atoms with Crippen LogP contribution in [0.5, 0.6) is 0 Å². The third-order valence-electron chi connectivity index (χ3n) is 5.75. The molecule has 2 aromatic heterocycles. The van der Waals surface area contributed by atoms with E-state index >= 15 is 0 Å². The minimum absolute atomic E-state index is 0.105. The lowest BCUT2D eigenvalue weighted by Crippen LogP contribution is -2.16. The molecule has 0 saturated heterocycles. The molecule has 38 heavy (non-hydrogen) atoms. The summed E-state index contributed by atoms with van der Waals surface area (Å²) < 4.78 is 3.77. The van der Waals surface area contributed by atoms with Crippen molar-refractivity contribution in [1.82, 2.24) is 19.5 Å². The van der Waals surface area contributed by atoms with Crippen molar-refractivity contribution in [2.45, 2.75) is 14.1 Å². The number of carbonyl (C=O) groups excluding carboxylic acids is 1. The monoisotopic (exact) mass is 626 g/mol. The molecule has 5 aromatic rings. The third-order valence-corrected chi connectivity index (χ3v) is 6.76. The summed E-state index contributed by atoms with van der Waals surface area (Å²) in [6.45, 7) is 0.693. The first-order valence-corrected chi connectivity index (χ1v) is 13.4. The molecular formula is C26H16Cl6N4O2. The minimum atomic E-state index is -1.97. The molecule has 0 aliphatic heterocycles. The molecule has 0 aliphatic carbocycles. The zero-order valence-corrected chi connectivity index (χ0v) is 23.8. The van der Waals surface area contributed by atoms with Crippen LogP contribution < -0.4 is 0 Å². The molecule has 2 heterocycles. The summed E-state index contributed by atoms with van der Waals surface area (Å²) in [6.07, 6.45) is 0. The summed E-state index contributed by atoms with van der Waals surface area (Å²) in [5.74, 6) is -0.782. The van der Waals surface area contributed by atoms with Crippen molar-refractivity contribution in [3.8, 4) is 11.4 Å². The van der Waals surface area contributed by atoms with Crippen LogP contribution in [-0.2, 0) is 18.9 Å². The second-order valence-electron chi connectivity index (χ2n) is 8.20. The molecule has 3 aromatic carbocycles. The van der Waals surface area contributed by atoms with Crippen LogP contribution >= 0.6 is 69.6 Å². The van der Waals surface area contributed by atoms with Crippen LogP contribution in [0, 0.1) is 0 Å². The fourth-order valence-corrected chi connectivity index (χ4v) is 4.58. The van der Waals surface area contributed by atoms with E-state index in [0.717, 1.165) is 21.8 Å². The molecule has 5 rings (SSSR count). The average Bonchev–Trinajstić information content (AvgIpc) is 3.21. The topological polar surface area (TPSA) is 69.9 Å². The summed E-state index contributed by atoms with van der Waals surface area (Å²) in [6, 6.07) is 22.7. The van der Waals surface area contributed by atoms with Crippen molar-refractivity contribution in [3.63, 3.8) is 0 Å². The first kappa shape index (κ1) is 27.3. The number of benzene rings is 3. The van der Waals surface area contributed by atoms with Gasteiger partial charge in [0.25, 0.3) is 0 Å². The Bertz CT molecular complexity index is 1560. The predicted molar refractivity (Wildman–Crippen MR) is 153 cm³/mol. The molecule has 0 aliphatic rings. The number of nitrogens with zero attached hydrogens (tertiary/aromatic N) is 4. The van der Waals surface area contributed by atoms with Gasteiger partial charge in [0, 0.05) is 27.4 Å². The van der Waals surface area contributed by atoms with Crippen LogP contribution in [0.1, 0.15) is 22.0 Å². The Labute approximate surface area is 247 Å². The van der Waals surface area contributed by atoms with Crippen LogP contribution in [0.2, 0.25) is 0 Å². The largest absolute Gasteiger partial charge is 0.460 e. The highest BCUT2D eigenvalue weighted by atomic mass is 35.6. The Hall–Kier alpha value is -2.32. The Morgan fingerprint density at radius 2 is 1.21 bits per heavy atom. The maximum absolute atomic E-state index is 12.7. The van der Waals surface area contributed by atoms with Crippen LogP contribution in [0.3, 0.4) is 0 Å². The predicted octanol–water partition coefficient (Wildman–Crippen LogP) is 8.16. The van der Waals surface area contributed by atoms with E-state index in [1.165, 1.54) is 0 Å². The third kappa shape index (κ3) is 5.67. The molecular weight excluding hydrogens is 613 g/mol. The smallest absolute Gasteiger partial charge is 0.338 e. The van der Waals surface area contributed by atoms with E-state index in [0.29, 0.717) is 17.7 Å². The van der Waals surface area contributed by atoms with Crippen LogP contribution in [0.4, 0.5) is 0 Å². The summed E-state index contributed by atoms with van der Waals surface area (Å²) in [5, 5.41) is 2.30. The van der Waals surface area contributed by atoms with E-state index in [-0.39, 0.29) is 24.1 Å². The number of para-hydroxylation sites is 2. The molecule has 0 amide bonds. The maximum atomic E-state index is 12.7. The highest BCUT2D eigenvalue weighted by molar-refractivity contribution is 6.67. The van der Waals surface area contributed by atoms with Gasteiger partial charge in [0.1, 0.15) is 6.61 Å². The average molecular weight is 629 g/mol. The van der Waals surface area contributed by atoms with Gasteiger partial charge in [-0.2, -0.15) is 0 Å². The fraction of sp³-hybridized carbons (Fsp3) is 0.154. The molecule has 0 atom stereocenters. The standard InChI is InChI=1S/C26H16Cl6N4O2/c27-25(28,29)23-33-21(34-24(35-23)26(30,31)32)15-9-11-16(12-10-15)22(37)38-14-13-36-19-7-3-1-5-17(19)18-6-2-4-8-20(18)36/h1-12H,13-14H2. The molecule has 0 radical (unpaired) electrons. The second kappa shape index (κ2) is 10.7. The number of aromatic nitrogens is 4. The lowest BCUT2D eigenvalue weighted by atomic mass is 10.1. The van der Waals surface area contributed by atoms with Crippen molar-refractivity contribution in [2.75, 3.05) is 6.61 Å². The molecule has 0 N–H and O–H groups in total. The van der Waals surface area contributed by atoms with Crippen molar-refractivity contribution >= 4 is 97.4 Å². The number of carbonyl (C=O) groups is 1. The number of ether oxygens (including phenoxy) is 1. The lowest BCUT2D eigenvalue weighted by Gasteiger charge is -2.15. The van der Waals surface area contributed by atoms with Crippen molar-refractivity contribution in [2.24, 2.45) is 0 Å². The van der Waals surface area contributed by atoms with Gasteiger partial charge in [-0.15, -0.1) is 0 Å². The minimum Gasteiger partial charge on any atom is -0.460 e. The summed E-state index contributed by atoms with van der Waals surface area (Å²) in [4.78, 5) is 25.0. The van der Waals surface area contributed by atoms with Crippen LogP contribution in [0.15, 0.2) is 72.8 Å². The first-order valence-electron chi connectivity index (χ1n) is 11.2. The van der Waals surface area contributed by atoms with E-state index in [1.54, 1.807) is 24.3 Å². The van der Waals surface area contributed by atoms with Gasteiger partial charge in [0.15, 0.2) is 17.5 Å². The molecule has 0 unspecified atom stereocenters. The van der Waals surface area contributed by atoms with Gasteiger partial charge in [-0.1, -0.05) is 118 Å². The van der Waals surface area contributed by atoms with Crippen LogP contribution in [-0.4, -0.2) is 32.1 Å². The van der Waals surface area contributed by atoms with E-state index < -0.39 is 13.6 Å². The normalized spacial score (nSPS) is 12.3. The zero-order valence-electron chi connectivity index (χ0n) is 19.2. The van der Waals surface area contributed by atoms with Crippen molar-refractivity contribution < 1.29 is 9.53 Å². The molecule has 0 spiro atoms. The zero-order chi connectivity index (χ0) is 27.1. The van der Waals surface area contributed by atoms with Gasteiger partial charge in [-0.3, -0.25) is 0 Å².